The van der Waals surface area contributed by atoms with E-state index >= 15 is 0 Å². The Morgan fingerprint density at radius 2 is 2.00 bits per heavy atom. The van der Waals surface area contributed by atoms with Gasteiger partial charge in [-0.15, -0.1) is 0 Å². The third kappa shape index (κ3) is 2.99. The van der Waals surface area contributed by atoms with Crippen LogP contribution in [-0.4, -0.2) is 18.5 Å². The first-order valence-corrected chi connectivity index (χ1v) is 5.80. The van der Waals surface area contributed by atoms with Gasteiger partial charge in [0.25, 0.3) is 0 Å². The van der Waals surface area contributed by atoms with Gasteiger partial charge >= 0.3 is 0 Å². The van der Waals surface area contributed by atoms with Crippen LogP contribution in [-0.2, 0) is 0 Å². The molecule has 1 aromatic rings. The van der Waals surface area contributed by atoms with E-state index in [-0.39, 0.29) is 0 Å². The standard InChI is InChI=1S/C15H21N/c1-5-7-12-15(16(4)6-2)14-11-9-8-10-13(14)3/h5,7-12H,6H2,1-4H3/b7-5-,15-12-. The molecule has 0 atom stereocenters. The fourth-order valence-corrected chi connectivity index (χ4v) is 1.64. The lowest BCUT2D eigenvalue weighted by Gasteiger charge is -2.22. The van der Waals surface area contributed by atoms with Crippen LogP contribution in [0.2, 0.25) is 0 Å². The summed E-state index contributed by atoms with van der Waals surface area (Å²) in [6, 6.07) is 8.51. The predicted octanol–water partition coefficient (Wildman–Crippen LogP) is 3.86. The van der Waals surface area contributed by atoms with Gasteiger partial charge in [0.05, 0.1) is 0 Å². The van der Waals surface area contributed by atoms with Gasteiger partial charge in [-0.2, -0.15) is 0 Å². The molecule has 0 aromatic heterocycles. The van der Waals surface area contributed by atoms with Gasteiger partial charge in [0.1, 0.15) is 0 Å². The van der Waals surface area contributed by atoms with Gasteiger partial charge in [0, 0.05) is 24.9 Å². The summed E-state index contributed by atoms with van der Waals surface area (Å²) in [5.41, 5.74) is 3.90. The molecular weight excluding hydrogens is 194 g/mol. The first-order chi connectivity index (χ1) is 7.70. The Bertz CT molecular complexity index is 388. The summed E-state index contributed by atoms with van der Waals surface area (Å²) in [5, 5.41) is 0. The van der Waals surface area contributed by atoms with Crippen LogP contribution in [0.1, 0.15) is 25.0 Å². The molecule has 0 unspecified atom stereocenters. The van der Waals surface area contributed by atoms with Crippen LogP contribution < -0.4 is 0 Å². The number of benzene rings is 1. The van der Waals surface area contributed by atoms with Crippen LogP contribution >= 0.6 is 0 Å². The number of nitrogens with zero attached hydrogens (tertiary/aromatic N) is 1. The molecule has 16 heavy (non-hydrogen) atoms. The summed E-state index contributed by atoms with van der Waals surface area (Å²) in [5.74, 6) is 0. The first-order valence-electron chi connectivity index (χ1n) is 5.80. The van der Waals surface area contributed by atoms with Crippen molar-refractivity contribution in [2.24, 2.45) is 0 Å². The van der Waals surface area contributed by atoms with Crippen LogP contribution in [0.15, 0.2) is 42.5 Å². The van der Waals surface area contributed by atoms with Crippen molar-refractivity contribution in [2.75, 3.05) is 13.6 Å². The molecule has 0 aliphatic heterocycles. The summed E-state index contributed by atoms with van der Waals surface area (Å²) in [7, 11) is 2.13. The highest BCUT2D eigenvalue weighted by atomic mass is 15.1. The SMILES string of the molecule is C/C=C\C=C(\c1ccccc1C)N(C)CC. The largest absolute Gasteiger partial charge is 0.374 e. The van der Waals surface area contributed by atoms with Crippen molar-refractivity contribution in [3.05, 3.63) is 53.6 Å². The zero-order valence-electron chi connectivity index (χ0n) is 10.7. The topological polar surface area (TPSA) is 3.24 Å². The minimum absolute atomic E-state index is 1.01. The lowest BCUT2D eigenvalue weighted by atomic mass is 10.0. The molecule has 86 valence electrons. The van der Waals surface area contributed by atoms with Gasteiger partial charge in [-0.1, -0.05) is 36.4 Å². The van der Waals surface area contributed by atoms with E-state index in [9.17, 15) is 0 Å². The molecule has 0 fully saturated rings. The van der Waals surface area contributed by atoms with Gasteiger partial charge < -0.3 is 4.90 Å². The van der Waals surface area contributed by atoms with Crippen LogP contribution in [0.25, 0.3) is 5.70 Å². The third-order valence-electron chi connectivity index (χ3n) is 2.75. The smallest absolute Gasteiger partial charge is 0.0439 e. The average Bonchev–Trinajstić information content (AvgIpc) is 2.31. The van der Waals surface area contributed by atoms with Crippen LogP contribution in [0.4, 0.5) is 0 Å². The van der Waals surface area contributed by atoms with Crippen molar-refractivity contribution in [1.82, 2.24) is 4.90 Å². The minimum atomic E-state index is 1.01. The zero-order chi connectivity index (χ0) is 12.0. The molecule has 0 spiro atoms. The van der Waals surface area contributed by atoms with Gasteiger partial charge in [0.2, 0.25) is 0 Å². The molecule has 0 heterocycles. The Morgan fingerprint density at radius 3 is 2.56 bits per heavy atom. The normalized spacial score (nSPS) is 12.1. The molecule has 1 aromatic carbocycles. The van der Waals surface area contributed by atoms with Crippen molar-refractivity contribution in [2.45, 2.75) is 20.8 Å². The van der Waals surface area contributed by atoms with Crippen LogP contribution in [0.5, 0.6) is 0 Å². The maximum atomic E-state index is 2.27. The number of aryl methyl sites for hydroxylation is 1. The molecule has 0 bridgehead atoms. The summed E-state index contributed by atoms with van der Waals surface area (Å²) >= 11 is 0. The highest BCUT2D eigenvalue weighted by molar-refractivity contribution is 5.67. The molecule has 0 N–H and O–H groups in total. The number of rotatable bonds is 4. The highest BCUT2D eigenvalue weighted by Gasteiger charge is 2.06. The summed E-state index contributed by atoms with van der Waals surface area (Å²) in [6.45, 7) is 7.37. The maximum absolute atomic E-state index is 2.27. The molecular formula is C15H21N. The minimum Gasteiger partial charge on any atom is -0.374 e. The van der Waals surface area contributed by atoms with Gasteiger partial charge in [-0.3, -0.25) is 0 Å². The quantitative estimate of drug-likeness (QED) is 0.689. The molecule has 0 saturated heterocycles. The Balaban J connectivity index is 3.16. The summed E-state index contributed by atoms with van der Waals surface area (Å²) in [6.07, 6.45) is 6.32. The molecule has 0 amide bonds. The van der Waals surface area contributed by atoms with Crippen molar-refractivity contribution in [1.29, 1.82) is 0 Å². The van der Waals surface area contributed by atoms with Gasteiger partial charge in [0.15, 0.2) is 0 Å². The third-order valence-corrected chi connectivity index (χ3v) is 2.75. The fourth-order valence-electron chi connectivity index (χ4n) is 1.64. The maximum Gasteiger partial charge on any atom is 0.0439 e. The molecule has 0 aliphatic carbocycles. The Morgan fingerprint density at radius 1 is 1.31 bits per heavy atom. The number of allylic oxidation sites excluding steroid dienone is 3. The van der Waals surface area contributed by atoms with Crippen molar-refractivity contribution in [3.63, 3.8) is 0 Å². The molecule has 0 aliphatic rings. The van der Waals surface area contributed by atoms with Crippen molar-refractivity contribution in [3.8, 4) is 0 Å². The number of hydrogen-bond donors (Lipinski definition) is 0. The first kappa shape index (κ1) is 12.6. The second-order valence-corrected chi connectivity index (χ2v) is 3.91. The zero-order valence-corrected chi connectivity index (χ0v) is 10.7. The Kier molecular flexibility index (Phi) is 4.84. The summed E-state index contributed by atoms with van der Waals surface area (Å²) < 4.78 is 0. The monoisotopic (exact) mass is 215 g/mol. The van der Waals surface area contributed by atoms with E-state index < -0.39 is 0 Å². The van der Waals surface area contributed by atoms with E-state index in [0.717, 1.165) is 6.54 Å². The Labute approximate surface area is 99.1 Å². The van der Waals surface area contributed by atoms with E-state index in [1.165, 1.54) is 16.8 Å². The second-order valence-electron chi connectivity index (χ2n) is 3.91. The van der Waals surface area contributed by atoms with Gasteiger partial charge in [-0.05, 0) is 32.4 Å². The van der Waals surface area contributed by atoms with Crippen LogP contribution in [0, 0.1) is 6.92 Å². The molecule has 1 nitrogen and oxygen atoms in total. The average molecular weight is 215 g/mol. The van der Waals surface area contributed by atoms with Gasteiger partial charge in [-0.25, -0.2) is 0 Å². The van der Waals surface area contributed by atoms with E-state index in [0.29, 0.717) is 0 Å². The van der Waals surface area contributed by atoms with E-state index in [1.807, 2.05) is 6.92 Å². The van der Waals surface area contributed by atoms with Crippen LogP contribution in [0.3, 0.4) is 0 Å². The van der Waals surface area contributed by atoms with Crippen molar-refractivity contribution >= 4 is 5.70 Å². The van der Waals surface area contributed by atoms with E-state index in [1.54, 1.807) is 0 Å². The molecule has 0 radical (unpaired) electrons. The van der Waals surface area contributed by atoms with E-state index in [4.69, 9.17) is 0 Å². The second kappa shape index (κ2) is 6.16. The molecule has 0 saturated carbocycles. The van der Waals surface area contributed by atoms with Crippen molar-refractivity contribution < 1.29 is 0 Å². The summed E-state index contributed by atoms with van der Waals surface area (Å²) in [4.78, 5) is 2.27. The lowest BCUT2D eigenvalue weighted by Crippen LogP contribution is -2.16. The lowest BCUT2D eigenvalue weighted by molar-refractivity contribution is 0.508. The predicted molar refractivity (Wildman–Crippen MR) is 72.3 cm³/mol. The molecule has 1 heteroatoms. The highest BCUT2D eigenvalue weighted by Crippen LogP contribution is 2.21. The Hall–Kier alpha value is -1.50. The molecule has 1 rings (SSSR count). The fraction of sp³-hybridized carbons (Fsp3) is 0.333. The van der Waals surface area contributed by atoms with E-state index in [2.05, 4.69) is 68.3 Å². The number of hydrogen-bond acceptors (Lipinski definition) is 1.